The summed E-state index contributed by atoms with van der Waals surface area (Å²) >= 11 is 0. The van der Waals surface area contributed by atoms with Crippen molar-refractivity contribution in [1.29, 1.82) is 0 Å². The standard InChI is InChI=1S/C31H50O2/c1-19(2)21-12-16-31(26(32)33)18-17-29(7)22(25(21)31)9-10-24-28(6)14-11-20(3)27(4,5)23(28)13-15-30(24,29)8/h20-25H,1,9-18H2,2-8H3,(H,32,33)/t20-,21-,22?,23?,24?,25+,28-,29+,30+,31-/m0/s1. The fourth-order valence-corrected chi connectivity index (χ4v) is 11.7. The first kappa shape index (κ1) is 23.9. The zero-order valence-corrected chi connectivity index (χ0v) is 22.6. The second-order valence-electron chi connectivity index (χ2n) is 14.9. The van der Waals surface area contributed by atoms with Gasteiger partial charge in [0, 0.05) is 0 Å². The Hall–Kier alpha value is -0.790. The van der Waals surface area contributed by atoms with E-state index in [1.54, 1.807) is 0 Å². The van der Waals surface area contributed by atoms with Gasteiger partial charge in [-0.2, -0.15) is 0 Å². The molecule has 0 aromatic rings. The van der Waals surface area contributed by atoms with Crippen LogP contribution in [-0.4, -0.2) is 11.1 Å². The Bertz CT molecular complexity index is 857. The summed E-state index contributed by atoms with van der Waals surface area (Å²) in [6, 6.07) is 0. The van der Waals surface area contributed by atoms with E-state index >= 15 is 0 Å². The van der Waals surface area contributed by atoms with Gasteiger partial charge in [0.15, 0.2) is 0 Å². The van der Waals surface area contributed by atoms with E-state index in [4.69, 9.17) is 0 Å². The second-order valence-corrected chi connectivity index (χ2v) is 14.9. The predicted octanol–water partition coefficient (Wildman–Crippen LogP) is 8.36. The van der Waals surface area contributed by atoms with Gasteiger partial charge in [0.2, 0.25) is 0 Å². The third-order valence-corrected chi connectivity index (χ3v) is 14.0. The van der Waals surface area contributed by atoms with E-state index in [2.05, 4.69) is 55.0 Å². The van der Waals surface area contributed by atoms with Gasteiger partial charge in [-0.3, -0.25) is 4.79 Å². The first-order valence-electron chi connectivity index (χ1n) is 14.1. The van der Waals surface area contributed by atoms with Gasteiger partial charge in [-0.15, -0.1) is 0 Å². The van der Waals surface area contributed by atoms with Gasteiger partial charge in [0.05, 0.1) is 5.41 Å². The minimum Gasteiger partial charge on any atom is -0.481 e. The topological polar surface area (TPSA) is 37.3 Å². The number of rotatable bonds is 2. The minimum atomic E-state index is -0.510. The number of fused-ring (bicyclic) bond motifs is 7. The summed E-state index contributed by atoms with van der Waals surface area (Å²) in [6.45, 7) is 22.1. The van der Waals surface area contributed by atoms with Crippen LogP contribution in [0.5, 0.6) is 0 Å². The molecule has 0 radical (unpaired) electrons. The van der Waals surface area contributed by atoms with Crippen molar-refractivity contribution in [3.8, 4) is 0 Å². The first-order valence-corrected chi connectivity index (χ1v) is 14.1. The molecule has 0 aromatic heterocycles. The van der Waals surface area contributed by atoms with Gasteiger partial charge < -0.3 is 5.11 Å². The Kier molecular flexibility index (Phi) is 5.17. The highest BCUT2D eigenvalue weighted by atomic mass is 16.4. The van der Waals surface area contributed by atoms with E-state index < -0.39 is 11.4 Å². The van der Waals surface area contributed by atoms with Gasteiger partial charge >= 0.3 is 5.97 Å². The quantitative estimate of drug-likeness (QED) is 0.425. The molecule has 0 aromatic carbocycles. The zero-order valence-electron chi connectivity index (χ0n) is 22.6. The molecule has 0 bridgehead atoms. The normalized spacial score (nSPS) is 55.0. The van der Waals surface area contributed by atoms with Gasteiger partial charge in [-0.1, -0.05) is 53.7 Å². The first-order chi connectivity index (χ1) is 15.3. The molecule has 0 spiro atoms. The lowest BCUT2D eigenvalue weighted by atomic mass is 9.32. The highest BCUT2D eigenvalue weighted by molar-refractivity contribution is 5.76. The van der Waals surface area contributed by atoms with Crippen molar-refractivity contribution in [3.63, 3.8) is 0 Å². The summed E-state index contributed by atoms with van der Waals surface area (Å²) in [4.78, 5) is 12.8. The average molecular weight is 455 g/mol. The molecule has 5 aliphatic rings. The molecule has 0 amide bonds. The van der Waals surface area contributed by atoms with Crippen LogP contribution in [-0.2, 0) is 4.79 Å². The zero-order chi connectivity index (χ0) is 24.2. The van der Waals surface area contributed by atoms with E-state index in [1.807, 2.05) is 0 Å². The molecule has 1 N–H and O–H groups in total. The van der Waals surface area contributed by atoms with Crippen LogP contribution in [0.15, 0.2) is 12.2 Å². The van der Waals surface area contributed by atoms with Crippen LogP contribution in [0.25, 0.3) is 0 Å². The fourth-order valence-electron chi connectivity index (χ4n) is 11.7. The van der Waals surface area contributed by atoms with Crippen molar-refractivity contribution in [2.75, 3.05) is 0 Å². The Morgan fingerprint density at radius 1 is 0.818 bits per heavy atom. The van der Waals surface area contributed by atoms with E-state index in [-0.39, 0.29) is 11.3 Å². The van der Waals surface area contributed by atoms with Crippen LogP contribution in [0.1, 0.15) is 113 Å². The summed E-state index contributed by atoms with van der Waals surface area (Å²) in [6.07, 6.45) is 11.9. The average Bonchev–Trinajstić information content (AvgIpc) is 3.13. The molecular weight excluding hydrogens is 404 g/mol. The Balaban J connectivity index is 1.57. The molecule has 0 heterocycles. The molecule has 2 heteroatoms. The summed E-state index contributed by atoms with van der Waals surface area (Å²) in [5.41, 5.74) is 2.16. The maximum absolute atomic E-state index is 12.8. The molecule has 2 nitrogen and oxygen atoms in total. The molecule has 3 unspecified atom stereocenters. The lowest BCUT2D eigenvalue weighted by Gasteiger charge is -2.73. The maximum atomic E-state index is 12.8. The van der Waals surface area contributed by atoms with Gasteiger partial charge in [-0.25, -0.2) is 0 Å². The maximum Gasteiger partial charge on any atom is 0.309 e. The van der Waals surface area contributed by atoms with Crippen LogP contribution >= 0.6 is 0 Å². The molecule has 5 rings (SSSR count). The highest BCUT2D eigenvalue weighted by Crippen LogP contribution is 2.77. The van der Waals surface area contributed by atoms with Crippen molar-refractivity contribution in [2.45, 2.75) is 113 Å². The number of aliphatic carboxylic acids is 1. The summed E-state index contributed by atoms with van der Waals surface area (Å²) in [5, 5.41) is 10.5. The number of hydrogen-bond acceptors (Lipinski definition) is 1. The van der Waals surface area contributed by atoms with Crippen LogP contribution in [0.4, 0.5) is 0 Å². The second kappa shape index (κ2) is 7.13. The molecule has 5 fully saturated rings. The summed E-state index contributed by atoms with van der Waals surface area (Å²) in [7, 11) is 0. The molecule has 5 saturated carbocycles. The predicted molar refractivity (Wildman–Crippen MR) is 136 cm³/mol. The van der Waals surface area contributed by atoms with E-state index in [9.17, 15) is 9.90 Å². The lowest BCUT2D eigenvalue weighted by molar-refractivity contribution is -0.242. The molecule has 0 saturated heterocycles. The van der Waals surface area contributed by atoms with Crippen molar-refractivity contribution in [1.82, 2.24) is 0 Å². The Morgan fingerprint density at radius 2 is 1.52 bits per heavy atom. The van der Waals surface area contributed by atoms with Crippen molar-refractivity contribution in [2.24, 2.45) is 62.6 Å². The summed E-state index contributed by atoms with van der Waals surface area (Å²) in [5.74, 6) is 3.12. The van der Waals surface area contributed by atoms with E-state index in [1.165, 1.54) is 44.1 Å². The largest absolute Gasteiger partial charge is 0.481 e. The monoisotopic (exact) mass is 454 g/mol. The van der Waals surface area contributed by atoms with Crippen molar-refractivity contribution in [3.05, 3.63) is 12.2 Å². The Labute approximate surface area is 203 Å². The van der Waals surface area contributed by atoms with Crippen LogP contribution in [0, 0.1) is 62.6 Å². The molecule has 5 aliphatic carbocycles. The van der Waals surface area contributed by atoms with Crippen LogP contribution < -0.4 is 0 Å². The molecular formula is C31H50O2. The number of hydrogen-bond donors (Lipinski definition) is 1. The van der Waals surface area contributed by atoms with Gasteiger partial charge in [0.25, 0.3) is 0 Å². The molecule has 186 valence electrons. The molecule has 10 atom stereocenters. The van der Waals surface area contributed by atoms with Gasteiger partial charge in [-0.05, 0) is 128 Å². The Morgan fingerprint density at radius 3 is 2.15 bits per heavy atom. The van der Waals surface area contributed by atoms with Gasteiger partial charge in [0.1, 0.15) is 0 Å². The van der Waals surface area contributed by atoms with Crippen LogP contribution in [0.2, 0.25) is 0 Å². The van der Waals surface area contributed by atoms with E-state index in [0.29, 0.717) is 28.1 Å². The number of carbonyl (C=O) groups is 1. The molecule has 33 heavy (non-hydrogen) atoms. The SMILES string of the molecule is C=C(C)[C@@H]1CC[C@]2(C(=O)O)CC[C@]3(C)C(CCC4[C@@]5(C)CC[C@H](C)C(C)(C)C5CC[C@]43C)[C@@H]12. The summed E-state index contributed by atoms with van der Waals surface area (Å²) < 4.78 is 0. The highest BCUT2D eigenvalue weighted by Gasteiger charge is 2.71. The lowest BCUT2D eigenvalue weighted by Crippen LogP contribution is -2.66. The van der Waals surface area contributed by atoms with Crippen LogP contribution in [0.3, 0.4) is 0 Å². The number of allylic oxidation sites excluding steroid dienone is 1. The number of carboxylic acids is 1. The smallest absolute Gasteiger partial charge is 0.309 e. The van der Waals surface area contributed by atoms with Crippen molar-refractivity contribution >= 4 is 5.97 Å². The third kappa shape index (κ3) is 2.76. The third-order valence-electron chi connectivity index (χ3n) is 14.0. The minimum absolute atomic E-state index is 0.249. The van der Waals surface area contributed by atoms with E-state index in [0.717, 1.165) is 43.4 Å². The molecule has 0 aliphatic heterocycles. The fraction of sp³-hybridized carbons (Fsp3) is 0.903. The number of carboxylic acid groups (broad SMARTS) is 1. The van der Waals surface area contributed by atoms with Crippen molar-refractivity contribution < 1.29 is 9.90 Å².